The van der Waals surface area contributed by atoms with E-state index in [0.29, 0.717) is 23.3 Å². The molecule has 3 rings (SSSR count). The Bertz CT molecular complexity index is 762. The van der Waals surface area contributed by atoms with Crippen LogP contribution in [0.15, 0.2) is 46.9 Å². The highest BCUT2D eigenvalue weighted by Gasteiger charge is 2.22. The van der Waals surface area contributed by atoms with Gasteiger partial charge < -0.3 is 19.3 Å². The van der Waals surface area contributed by atoms with E-state index in [-0.39, 0.29) is 18.3 Å². The Morgan fingerprint density at radius 1 is 1.12 bits per heavy atom. The highest BCUT2D eigenvalue weighted by atomic mass is 79.9. The van der Waals surface area contributed by atoms with Crippen molar-refractivity contribution >= 4 is 27.5 Å². The number of piperazine rings is 1. The average Bonchev–Trinajstić information content (AvgIpc) is 2.67. The first kappa shape index (κ1) is 18.5. The van der Waals surface area contributed by atoms with Crippen LogP contribution < -0.4 is 14.4 Å². The number of hydrogen-bond acceptors (Lipinski definition) is 4. The van der Waals surface area contributed by atoms with Crippen LogP contribution in [0.2, 0.25) is 0 Å². The number of anilines is 1. The fourth-order valence-electron chi connectivity index (χ4n) is 2.83. The van der Waals surface area contributed by atoms with Crippen molar-refractivity contribution in [2.24, 2.45) is 0 Å². The number of halogens is 2. The van der Waals surface area contributed by atoms with Crippen molar-refractivity contribution in [1.29, 1.82) is 0 Å². The lowest BCUT2D eigenvalue weighted by molar-refractivity contribution is -0.133. The Labute approximate surface area is 160 Å². The van der Waals surface area contributed by atoms with Crippen LogP contribution in [-0.4, -0.2) is 50.7 Å². The molecule has 0 saturated carbocycles. The molecule has 1 amide bonds. The predicted octanol–water partition coefficient (Wildman–Crippen LogP) is 3.32. The average molecular weight is 423 g/mol. The minimum absolute atomic E-state index is 0.0627. The molecule has 1 heterocycles. The van der Waals surface area contributed by atoms with Crippen molar-refractivity contribution in [1.82, 2.24) is 4.90 Å². The quantitative estimate of drug-likeness (QED) is 0.740. The summed E-state index contributed by atoms with van der Waals surface area (Å²) in [6, 6.07) is 12.0. The van der Waals surface area contributed by atoms with E-state index in [4.69, 9.17) is 9.47 Å². The van der Waals surface area contributed by atoms with Gasteiger partial charge in [-0.1, -0.05) is 0 Å². The van der Waals surface area contributed by atoms with E-state index in [1.807, 2.05) is 24.3 Å². The SMILES string of the molecule is COc1ccc(N2CCN(C(=O)COc3ccc(F)cc3Br)CC2)cc1. The molecule has 138 valence electrons. The summed E-state index contributed by atoms with van der Waals surface area (Å²) in [7, 11) is 1.64. The molecule has 1 aliphatic rings. The van der Waals surface area contributed by atoms with E-state index in [9.17, 15) is 9.18 Å². The molecule has 7 heteroatoms. The Kier molecular flexibility index (Phi) is 5.98. The largest absolute Gasteiger partial charge is 0.497 e. The molecule has 1 fully saturated rings. The fraction of sp³-hybridized carbons (Fsp3) is 0.316. The first-order valence-corrected chi connectivity index (χ1v) is 9.11. The van der Waals surface area contributed by atoms with Crippen molar-refractivity contribution in [3.05, 3.63) is 52.8 Å². The van der Waals surface area contributed by atoms with Gasteiger partial charge in [-0.25, -0.2) is 4.39 Å². The van der Waals surface area contributed by atoms with E-state index in [0.717, 1.165) is 24.5 Å². The summed E-state index contributed by atoms with van der Waals surface area (Å²) in [5.41, 5.74) is 1.12. The van der Waals surface area contributed by atoms with Crippen LogP contribution in [0.3, 0.4) is 0 Å². The van der Waals surface area contributed by atoms with Crippen LogP contribution in [0, 0.1) is 5.82 Å². The molecule has 5 nitrogen and oxygen atoms in total. The van der Waals surface area contributed by atoms with Crippen LogP contribution in [0.1, 0.15) is 0 Å². The molecule has 0 unspecified atom stereocenters. The molecular weight excluding hydrogens is 403 g/mol. The number of hydrogen-bond donors (Lipinski definition) is 0. The first-order valence-electron chi connectivity index (χ1n) is 8.31. The normalized spacial score (nSPS) is 14.3. The van der Waals surface area contributed by atoms with Crippen molar-refractivity contribution in [2.75, 3.05) is 44.8 Å². The zero-order valence-corrected chi connectivity index (χ0v) is 16.0. The van der Waals surface area contributed by atoms with Gasteiger partial charge in [0.2, 0.25) is 0 Å². The van der Waals surface area contributed by atoms with Crippen LogP contribution >= 0.6 is 15.9 Å². The maximum Gasteiger partial charge on any atom is 0.260 e. The number of carbonyl (C=O) groups is 1. The summed E-state index contributed by atoms with van der Waals surface area (Å²) in [5.74, 6) is 0.851. The second-order valence-electron chi connectivity index (χ2n) is 5.93. The van der Waals surface area contributed by atoms with Crippen molar-refractivity contribution in [2.45, 2.75) is 0 Å². The Morgan fingerprint density at radius 2 is 1.81 bits per heavy atom. The molecular formula is C19H20BrFN2O3. The van der Waals surface area contributed by atoms with Crippen molar-refractivity contribution < 1.29 is 18.7 Å². The van der Waals surface area contributed by atoms with Crippen LogP contribution in [-0.2, 0) is 4.79 Å². The molecule has 2 aromatic carbocycles. The second kappa shape index (κ2) is 8.40. The topological polar surface area (TPSA) is 42.0 Å². The molecule has 0 radical (unpaired) electrons. The predicted molar refractivity (Wildman–Crippen MR) is 101 cm³/mol. The summed E-state index contributed by atoms with van der Waals surface area (Å²) in [6.07, 6.45) is 0. The molecule has 0 bridgehead atoms. The second-order valence-corrected chi connectivity index (χ2v) is 6.78. The highest BCUT2D eigenvalue weighted by Crippen LogP contribution is 2.25. The maximum atomic E-state index is 13.1. The Morgan fingerprint density at radius 3 is 2.42 bits per heavy atom. The number of rotatable bonds is 5. The van der Waals surface area contributed by atoms with Crippen LogP contribution in [0.4, 0.5) is 10.1 Å². The summed E-state index contributed by atoms with van der Waals surface area (Å²) < 4.78 is 24.3. The standard InChI is InChI=1S/C19H20BrFN2O3/c1-25-16-5-3-15(4-6-16)22-8-10-23(11-9-22)19(24)13-26-18-7-2-14(21)12-17(18)20/h2-7,12H,8-11,13H2,1H3. The summed E-state index contributed by atoms with van der Waals surface area (Å²) in [6.45, 7) is 2.74. The van der Waals surface area contributed by atoms with E-state index in [1.165, 1.54) is 18.2 Å². The lowest BCUT2D eigenvalue weighted by atomic mass is 10.2. The summed E-state index contributed by atoms with van der Waals surface area (Å²) >= 11 is 3.23. The van der Waals surface area contributed by atoms with Gasteiger partial charge in [-0.2, -0.15) is 0 Å². The molecule has 2 aromatic rings. The van der Waals surface area contributed by atoms with Gasteiger partial charge in [0, 0.05) is 31.9 Å². The third-order valence-electron chi connectivity index (χ3n) is 4.32. The highest BCUT2D eigenvalue weighted by molar-refractivity contribution is 9.10. The molecule has 0 aliphatic carbocycles. The number of ether oxygens (including phenoxy) is 2. The Balaban J connectivity index is 1.50. The third-order valence-corrected chi connectivity index (χ3v) is 4.93. The minimum Gasteiger partial charge on any atom is -0.497 e. The monoisotopic (exact) mass is 422 g/mol. The van der Waals surface area contributed by atoms with Gasteiger partial charge in [-0.05, 0) is 58.4 Å². The summed E-state index contributed by atoms with van der Waals surface area (Å²) in [4.78, 5) is 16.4. The van der Waals surface area contributed by atoms with Gasteiger partial charge in [0.1, 0.15) is 17.3 Å². The van der Waals surface area contributed by atoms with Crippen molar-refractivity contribution in [3.8, 4) is 11.5 Å². The van der Waals surface area contributed by atoms with Gasteiger partial charge in [0.15, 0.2) is 6.61 Å². The first-order chi connectivity index (χ1) is 12.6. The molecule has 26 heavy (non-hydrogen) atoms. The number of methoxy groups -OCH3 is 1. The molecule has 0 N–H and O–H groups in total. The number of nitrogens with zero attached hydrogens (tertiary/aromatic N) is 2. The zero-order chi connectivity index (χ0) is 18.5. The fourth-order valence-corrected chi connectivity index (χ4v) is 3.30. The van der Waals surface area contributed by atoms with Gasteiger partial charge in [0.05, 0.1) is 11.6 Å². The van der Waals surface area contributed by atoms with Crippen molar-refractivity contribution in [3.63, 3.8) is 0 Å². The number of amides is 1. The van der Waals surface area contributed by atoms with E-state index >= 15 is 0 Å². The molecule has 0 aromatic heterocycles. The van der Waals surface area contributed by atoms with Gasteiger partial charge in [-0.3, -0.25) is 4.79 Å². The number of benzene rings is 2. The van der Waals surface area contributed by atoms with Gasteiger partial charge in [-0.15, -0.1) is 0 Å². The van der Waals surface area contributed by atoms with E-state index in [1.54, 1.807) is 12.0 Å². The van der Waals surface area contributed by atoms with Gasteiger partial charge >= 0.3 is 0 Å². The Hall–Kier alpha value is -2.28. The van der Waals surface area contributed by atoms with Crippen LogP contribution in [0.5, 0.6) is 11.5 Å². The third kappa shape index (κ3) is 4.46. The van der Waals surface area contributed by atoms with E-state index in [2.05, 4.69) is 20.8 Å². The smallest absolute Gasteiger partial charge is 0.260 e. The lowest BCUT2D eigenvalue weighted by Crippen LogP contribution is -2.50. The minimum atomic E-state index is -0.356. The van der Waals surface area contributed by atoms with Crippen LogP contribution in [0.25, 0.3) is 0 Å². The number of carbonyl (C=O) groups excluding carboxylic acids is 1. The van der Waals surface area contributed by atoms with E-state index < -0.39 is 0 Å². The van der Waals surface area contributed by atoms with Gasteiger partial charge in [0.25, 0.3) is 5.91 Å². The molecule has 0 spiro atoms. The summed E-state index contributed by atoms with van der Waals surface area (Å²) in [5, 5.41) is 0. The zero-order valence-electron chi connectivity index (χ0n) is 14.5. The molecule has 1 saturated heterocycles. The maximum absolute atomic E-state index is 13.1. The lowest BCUT2D eigenvalue weighted by Gasteiger charge is -2.36. The molecule has 0 atom stereocenters. The molecule has 1 aliphatic heterocycles.